The summed E-state index contributed by atoms with van der Waals surface area (Å²) >= 11 is 0. The Morgan fingerprint density at radius 2 is 1.75 bits per heavy atom. The summed E-state index contributed by atoms with van der Waals surface area (Å²) in [6, 6.07) is 2.72. The van der Waals surface area contributed by atoms with Gasteiger partial charge in [-0.3, -0.25) is 0 Å². The van der Waals surface area contributed by atoms with Gasteiger partial charge in [-0.25, -0.2) is 0 Å². The van der Waals surface area contributed by atoms with Gasteiger partial charge in [0.2, 0.25) is 0 Å². The summed E-state index contributed by atoms with van der Waals surface area (Å²) in [6.45, 7) is 4.55. The molecule has 20 heavy (non-hydrogen) atoms. The summed E-state index contributed by atoms with van der Waals surface area (Å²) in [5.74, 6) is 2.81. The molecule has 1 heteroatoms. The fourth-order valence-corrected chi connectivity index (χ4v) is 5.03. The van der Waals surface area contributed by atoms with Crippen molar-refractivity contribution in [2.75, 3.05) is 0 Å². The molecule has 2 fully saturated rings. The van der Waals surface area contributed by atoms with Crippen LogP contribution in [-0.4, -0.2) is 0 Å². The first-order valence-corrected chi connectivity index (χ1v) is 9.14. The van der Waals surface area contributed by atoms with E-state index >= 15 is 0 Å². The molecule has 0 amide bonds. The molecule has 0 spiro atoms. The largest absolute Gasteiger partial charge is 0.198 e. The number of rotatable bonds is 5. The smallest absolute Gasteiger partial charge is 0.0689 e. The van der Waals surface area contributed by atoms with Gasteiger partial charge in [-0.05, 0) is 49.9 Å². The van der Waals surface area contributed by atoms with E-state index in [2.05, 4.69) is 19.9 Å². The predicted molar refractivity (Wildman–Crippen MR) is 85.3 cm³/mol. The van der Waals surface area contributed by atoms with Crippen molar-refractivity contribution in [3.63, 3.8) is 0 Å². The molecule has 0 N–H and O–H groups in total. The number of hydrogen-bond acceptors (Lipinski definition) is 1. The van der Waals surface area contributed by atoms with Crippen LogP contribution in [0.25, 0.3) is 0 Å². The highest BCUT2D eigenvalue weighted by Gasteiger charge is 2.39. The Morgan fingerprint density at radius 1 is 1.00 bits per heavy atom. The molecule has 2 aliphatic carbocycles. The number of nitrogens with zero attached hydrogens (tertiary/aromatic N) is 1. The highest BCUT2D eigenvalue weighted by atomic mass is 14.5. The minimum Gasteiger partial charge on any atom is -0.198 e. The summed E-state index contributed by atoms with van der Waals surface area (Å²) in [6.07, 6.45) is 16.0. The van der Waals surface area contributed by atoms with E-state index in [0.29, 0.717) is 0 Å². The topological polar surface area (TPSA) is 23.8 Å². The van der Waals surface area contributed by atoms with Gasteiger partial charge in [0.1, 0.15) is 0 Å². The molecule has 1 nitrogen and oxygen atoms in total. The molecule has 2 unspecified atom stereocenters. The standard InChI is InChI=1S/C19H33N/c1-3-6-16-8-10-17(11-9-16)18-7-5-13-19(14-18,15-20)12-4-2/h16-18H,3-14H2,1-2H3. The number of nitriles is 1. The molecule has 2 atom stereocenters. The Kier molecular flexibility index (Phi) is 5.94. The lowest BCUT2D eigenvalue weighted by Gasteiger charge is -2.41. The maximum Gasteiger partial charge on any atom is 0.0689 e. The van der Waals surface area contributed by atoms with Crippen LogP contribution in [-0.2, 0) is 0 Å². The lowest BCUT2D eigenvalue weighted by molar-refractivity contribution is 0.104. The van der Waals surface area contributed by atoms with Crippen molar-refractivity contribution in [1.82, 2.24) is 0 Å². The molecule has 0 radical (unpaired) electrons. The SMILES string of the molecule is CCCC1CCC(C2CCCC(C#N)(CCC)C2)CC1. The van der Waals surface area contributed by atoms with E-state index in [4.69, 9.17) is 0 Å². The van der Waals surface area contributed by atoms with Gasteiger partial charge in [-0.15, -0.1) is 0 Å². The fourth-order valence-electron chi connectivity index (χ4n) is 5.03. The molecular formula is C19H33N. The van der Waals surface area contributed by atoms with E-state index < -0.39 is 0 Å². The minimum atomic E-state index is 0.0396. The predicted octanol–water partition coefficient (Wildman–Crippen LogP) is 6.09. The van der Waals surface area contributed by atoms with Crippen molar-refractivity contribution in [2.45, 2.75) is 90.9 Å². The molecule has 2 rings (SSSR count). The summed E-state index contributed by atoms with van der Waals surface area (Å²) in [7, 11) is 0. The zero-order valence-electron chi connectivity index (χ0n) is 13.7. The van der Waals surface area contributed by atoms with Crippen molar-refractivity contribution < 1.29 is 0 Å². The molecule has 0 aromatic rings. The molecule has 0 aliphatic heterocycles. The molecule has 2 aliphatic rings. The van der Waals surface area contributed by atoms with Gasteiger partial charge >= 0.3 is 0 Å². The molecule has 2 saturated carbocycles. The lowest BCUT2D eigenvalue weighted by atomic mass is 9.62. The molecule has 0 heterocycles. The maximum absolute atomic E-state index is 9.65. The van der Waals surface area contributed by atoms with E-state index in [-0.39, 0.29) is 5.41 Å². The second-order valence-electron chi connectivity index (χ2n) is 7.57. The first-order chi connectivity index (χ1) is 9.73. The molecule has 114 valence electrons. The van der Waals surface area contributed by atoms with Crippen LogP contribution in [0.4, 0.5) is 0 Å². The van der Waals surface area contributed by atoms with Crippen LogP contribution in [0.1, 0.15) is 90.9 Å². The van der Waals surface area contributed by atoms with Crippen LogP contribution in [0.2, 0.25) is 0 Å². The second kappa shape index (κ2) is 7.48. The van der Waals surface area contributed by atoms with Crippen molar-refractivity contribution in [3.8, 4) is 6.07 Å². The van der Waals surface area contributed by atoms with Crippen molar-refractivity contribution >= 4 is 0 Å². The normalized spacial score (nSPS) is 38.4. The highest BCUT2D eigenvalue weighted by Crippen LogP contribution is 2.48. The highest BCUT2D eigenvalue weighted by molar-refractivity contribution is 5.02. The quantitative estimate of drug-likeness (QED) is 0.595. The Morgan fingerprint density at radius 3 is 2.35 bits per heavy atom. The average molecular weight is 275 g/mol. The van der Waals surface area contributed by atoms with Crippen LogP contribution >= 0.6 is 0 Å². The van der Waals surface area contributed by atoms with Gasteiger partial charge in [-0.2, -0.15) is 5.26 Å². The van der Waals surface area contributed by atoms with Crippen LogP contribution < -0.4 is 0 Å². The minimum absolute atomic E-state index is 0.0396. The van der Waals surface area contributed by atoms with Gasteiger partial charge in [-0.1, -0.05) is 58.8 Å². The third kappa shape index (κ3) is 3.78. The van der Waals surface area contributed by atoms with Gasteiger partial charge in [0.25, 0.3) is 0 Å². The monoisotopic (exact) mass is 275 g/mol. The lowest BCUT2D eigenvalue weighted by Crippen LogP contribution is -2.32. The summed E-state index contributed by atoms with van der Waals surface area (Å²) in [5, 5.41) is 9.65. The van der Waals surface area contributed by atoms with E-state index in [1.54, 1.807) is 0 Å². The van der Waals surface area contributed by atoms with Gasteiger partial charge in [0.15, 0.2) is 0 Å². The average Bonchev–Trinajstić information content (AvgIpc) is 2.49. The van der Waals surface area contributed by atoms with Crippen molar-refractivity contribution in [3.05, 3.63) is 0 Å². The Hall–Kier alpha value is -0.510. The van der Waals surface area contributed by atoms with Gasteiger partial charge in [0, 0.05) is 0 Å². The zero-order chi connectivity index (χ0) is 14.4. The third-order valence-corrected chi connectivity index (χ3v) is 6.10. The molecule has 0 aromatic heterocycles. The Labute approximate surface area is 126 Å². The molecule has 0 aromatic carbocycles. The van der Waals surface area contributed by atoms with Gasteiger partial charge in [0.05, 0.1) is 11.5 Å². The van der Waals surface area contributed by atoms with Gasteiger partial charge < -0.3 is 0 Å². The van der Waals surface area contributed by atoms with Crippen LogP contribution in [0.15, 0.2) is 0 Å². The van der Waals surface area contributed by atoms with Crippen molar-refractivity contribution in [2.24, 2.45) is 23.2 Å². The van der Waals surface area contributed by atoms with Crippen LogP contribution in [0, 0.1) is 34.5 Å². The fraction of sp³-hybridized carbons (Fsp3) is 0.947. The van der Waals surface area contributed by atoms with Crippen LogP contribution in [0.3, 0.4) is 0 Å². The summed E-state index contributed by atoms with van der Waals surface area (Å²) in [5.41, 5.74) is 0.0396. The van der Waals surface area contributed by atoms with Crippen molar-refractivity contribution in [1.29, 1.82) is 5.26 Å². The zero-order valence-corrected chi connectivity index (χ0v) is 13.7. The first kappa shape index (κ1) is 15.9. The maximum atomic E-state index is 9.65. The Balaban J connectivity index is 1.88. The summed E-state index contributed by atoms with van der Waals surface area (Å²) < 4.78 is 0. The number of hydrogen-bond donors (Lipinski definition) is 0. The molecular weight excluding hydrogens is 242 g/mol. The molecule has 0 saturated heterocycles. The second-order valence-corrected chi connectivity index (χ2v) is 7.57. The van der Waals surface area contributed by atoms with E-state index in [1.807, 2.05) is 0 Å². The van der Waals surface area contributed by atoms with Crippen LogP contribution in [0.5, 0.6) is 0 Å². The molecule has 0 bridgehead atoms. The van der Waals surface area contributed by atoms with E-state index in [9.17, 15) is 5.26 Å². The van der Waals surface area contributed by atoms with E-state index in [1.165, 1.54) is 70.6 Å². The Bertz CT molecular complexity index is 317. The first-order valence-electron chi connectivity index (χ1n) is 9.14. The third-order valence-electron chi connectivity index (χ3n) is 6.10. The van der Waals surface area contributed by atoms with E-state index in [0.717, 1.165) is 24.2 Å². The summed E-state index contributed by atoms with van der Waals surface area (Å²) in [4.78, 5) is 0.